The number of carboxylic acid groups (broad SMARTS) is 1. The topological polar surface area (TPSA) is 77.9 Å². The molecule has 1 saturated heterocycles. The monoisotopic (exact) mass is 370 g/mol. The van der Waals surface area contributed by atoms with Crippen LogP contribution in [0.3, 0.4) is 0 Å². The average Bonchev–Trinajstić information content (AvgIpc) is 2.91. The van der Waals surface area contributed by atoms with Gasteiger partial charge in [-0.15, -0.1) is 0 Å². The van der Waals surface area contributed by atoms with Gasteiger partial charge in [0.15, 0.2) is 0 Å². The van der Waals surface area contributed by atoms with E-state index in [2.05, 4.69) is 0 Å². The predicted molar refractivity (Wildman–Crippen MR) is 82.9 cm³/mol. The Bertz CT molecular complexity index is 750. The molecule has 2 heterocycles. The molecule has 26 heavy (non-hydrogen) atoms. The van der Waals surface area contributed by atoms with Gasteiger partial charge >= 0.3 is 12.1 Å². The molecule has 1 aromatic carbocycles. The first-order chi connectivity index (χ1) is 12.2. The highest BCUT2D eigenvalue weighted by atomic mass is 19.4. The van der Waals surface area contributed by atoms with Gasteiger partial charge in [-0.25, -0.2) is 4.79 Å². The molecular formula is C17H17F3N2O4. The number of halogens is 3. The highest BCUT2D eigenvalue weighted by Crippen LogP contribution is 2.29. The lowest BCUT2D eigenvalue weighted by Gasteiger charge is -2.35. The summed E-state index contributed by atoms with van der Waals surface area (Å²) in [7, 11) is 0. The third-order valence-electron chi connectivity index (χ3n) is 4.75. The quantitative estimate of drug-likeness (QED) is 0.873. The van der Waals surface area contributed by atoms with Crippen molar-refractivity contribution in [1.29, 1.82) is 0 Å². The van der Waals surface area contributed by atoms with Crippen molar-refractivity contribution < 1.29 is 32.7 Å². The van der Waals surface area contributed by atoms with Crippen LogP contribution in [-0.2, 0) is 27.3 Å². The van der Waals surface area contributed by atoms with E-state index in [1.54, 1.807) is 24.3 Å². The molecule has 0 bridgehead atoms. The molecule has 1 N–H and O–H groups in total. The number of aliphatic carboxylic acids is 1. The van der Waals surface area contributed by atoms with Crippen molar-refractivity contribution in [1.82, 2.24) is 9.80 Å². The SMILES string of the molecule is O=C(O)C1Cc2ccccc2CN1C(=O)C1CC(=O)N(CC(F)(F)F)C1. The Hall–Kier alpha value is -2.58. The third kappa shape index (κ3) is 3.66. The lowest BCUT2D eigenvalue weighted by molar-refractivity contribution is -0.158. The maximum atomic E-state index is 12.8. The summed E-state index contributed by atoms with van der Waals surface area (Å²) < 4.78 is 37.6. The number of carboxylic acids is 1. The van der Waals surface area contributed by atoms with Crippen LogP contribution in [0, 0.1) is 5.92 Å². The van der Waals surface area contributed by atoms with E-state index in [9.17, 15) is 32.7 Å². The number of benzene rings is 1. The van der Waals surface area contributed by atoms with Crippen molar-refractivity contribution >= 4 is 17.8 Å². The average molecular weight is 370 g/mol. The Morgan fingerprint density at radius 3 is 2.42 bits per heavy atom. The highest BCUT2D eigenvalue weighted by molar-refractivity contribution is 5.91. The fraction of sp³-hybridized carbons (Fsp3) is 0.471. The van der Waals surface area contributed by atoms with Crippen LogP contribution in [0.1, 0.15) is 17.5 Å². The Morgan fingerprint density at radius 2 is 1.81 bits per heavy atom. The zero-order valence-electron chi connectivity index (χ0n) is 13.7. The summed E-state index contributed by atoms with van der Waals surface area (Å²) in [5, 5.41) is 9.46. The molecule has 0 spiro atoms. The minimum absolute atomic E-state index is 0.0654. The molecule has 0 radical (unpaired) electrons. The van der Waals surface area contributed by atoms with E-state index < -0.39 is 42.5 Å². The lowest BCUT2D eigenvalue weighted by atomic mass is 9.92. The molecule has 1 aromatic rings. The number of nitrogens with zero attached hydrogens (tertiary/aromatic N) is 2. The number of hydrogen-bond acceptors (Lipinski definition) is 3. The third-order valence-corrected chi connectivity index (χ3v) is 4.75. The number of hydrogen-bond donors (Lipinski definition) is 1. The van der Waals surface area contributed by atoms with Crippen molar-refractivity contribution in [2.75, 3.05) is 13.1 Å². The van der Waals surface area contributed by atoms with Gasteiger partial charge in [0.25, 0.3) is 0 Å². The van der Waals surface area contributed by atoms with Crippen LogP contribution in [0.4, 0.5) is 13.2 Å². The number of carbonyl (C=O) groups is 3. The normalized spacial score (nSPS) is 23.1. The van der Waals surface area contributed by atoms with Gasteiger partial charge in [0.05, 0.1) is 5.92 Å². The fourth-order valence-electron chi connectivity index (χ4n) is 3.52. The van der Waals surface area contributed by atoms with E-state index in [0.29, 0.717) is 4.90 Å². The summed E-state index contributed by atoms with van der Waals surface area (Å²) in [4.78, 5) is 38.0. The Balaban J connectivity index is 1.78. The van der Waals surface area contributed by atoms with Crippen molar-refractivity contribution in [3.63, 3.8) is 0 Å². The van der Waals surface area contributed by atoms with Crippen molar-refractivity contribution in [3.8, 4) is 0 Å². The van der Waals surface area contributed by atoms with Crippen LogP contribution in [0.5, 0.6) is 0 Å². The summed E-state index contributed by atoms with van der Waals surface area (Å²) in [6, 6.07) is 6.03. The summed E-state index contributed by atoms with van der Waals surface area (Å²) in [6.45, 7) is -1.68. The maximum Gasteiger partial charge on any atom is 0.406 e. The second kappa shape index (κ2) is 6.62. The minimum atomic E-state index is -4.54. The molecule has 140 valence electrons. The van der Waals surface area contributed by atoms with Crippen LogP contribution in [0.25, 0.3) is 0 Å². The molecule has 6 nitrogen and oxygen atoms in total. The summed E-state index contributed by atoms with van der Waals surface area (Å²) in [5.74, 6) is -3.48. The van der Waals surface area contributed by atoms with Crippen LogP contribution in [0.2, 0.25) is 0 Å². The molecule has 2 aliphatic heterocycles. The van der Waals surface area contributed by atoms with Gasteiger partial charge in [-0.3, -0.25) is 9.59 Å². The maximum absolute atomic E-state index is 12.8. The number of alkyl halides is 3. The molecule has 0 aliphatic carbocycles. The van der Waals surface area contributed by atoms with Crippen molar-refractivity contribution in [3.05, 3.63) is 35.4 Å². The second-order valence-corrected chi connectivity index (χ2v) is 6.58. The van der Waals surface area contributed by atoms with E-state index in [1.807, 2.05) is 0 Å². The van der Waals surface area contributed by atoms with Gasteiger partial charge in [0.2, 0.25) is 11.8 Å². The van der Waals surface area contributed by atoms with Crippen LogP contribution in [0.15, 0.2) is 24.3 Å². The number of amides is 2. The van der Waals surface area contributed by atoms with Gasteiger partial charge in [0.1, 0.15) is 12.6 Å². The number of likely N-dealkylation sites (tertiary alicyclic amines) is 1. The largest absolute Gasteiger partial charge is 0.480 e. The highest BCUT2D eigenvalue weighted by Gasteiger charge is 2.44. The van der Waals surface area contributed by atoms with Crippen LogP contribution < -0.4 is 0 Å². The molecule has 9 heteroatoms. The van der Waals surface area contributed by atoms with Crippen molar-refractivity contribution in [2.45, 2.75) is 31.6 Å². The van der Waals surface area contributed by atoms with Gasteiger partial charge < -0.3 is 14.9 Å². The molecule has 3 rings (SSSR count). The Kier molecular flexibility index (Phi) is 4.64. The number of carbonyl (C=O) groups excluding carboxylic acids is 2. The first-order valence-electron chi connectivity index (χ1n) is 8.10. The fourth-order valence-corrected chi connectivity index (χ4v) is 3.52. The van der Waals surface area contributed by atoms with Crippen LogP contribution >= 0.6 is 0 Å². The molecule has 2 amide bonds. The Morgan fingerprint density at radius 1 is 1.15 bits per heavy atom. The van der Waals surface area contributed by atoms with Crippen LogP contribution in [-0.4, -0.2) is 58.0 Å². The van der Waals surface area contributed by atoms with E-state index >= 15 is 0 Å². The lowest BCUT2D eigenvalue weighted by Crippen LogP contribution is -2.51. The molecular weight excluding hydrogens is 353 g/mol. The first-order valence-corrected chi connectivity index (χ1v) is 8.10. The minimum Gasteiger partial charge on any atom is -0.480 e. The van der Waals surface area contributed by atoms with Gasteiger partial charge in [-0.2, -0.15) is 13.2 Å². The van der Waals surface area contributed by atoms with Gasteiger partial charge in [-0.05, 0) is 11.1 Å². The Labute approximate surface area is 147 Å². The van der Waals surface area contributed by atoms with E-state index in [4.69, 9.17) is 0 Å². The van der Waals surface area contributed by atoms with Gasteiger partial charge in [-0.1, -0.05) is 24.3 Å². The standard InChI is InChI=1S/C17H17F3N2O4/c18-17(19,20)9-21-7-12(6-14(21)23)15(24)22-8-11-4-2-1-3-10(11)5-13(22)16(25)26/h1-4,12-13H,5-9H2,(H,25,26). The van der Waals surface area contributed by atoms with E-state index in [1.165, 1.54) is 4.90 Å². The molecule has 0 saturated carbocycles. The smallest absolute Gasteiger partial charge is 0.406 e. The van der Waals surface area contributed by atoms with E-state index in [0.717, 1.165) is 11.1 Å². The molecule has 0 aromatic heterocycles. The summed E-state index contributed by atoms with van der Waals surface area (Å²) >= 11 is 0. The molecule has 2 atom stereocenters. The number of rotatable bonds is 3. The van der Waals surface area contributed by atoms with Crippen molar-refractivity contribution in [2.24, 2.45) is 5.92 Å². The zero-order chi connectivity index (χ0) is 19.1. The predicted octanol–water partition coefficient (Wildman–Crippen LogP) is 1.44. The molecule has 2 unspecified atom stereocenters. The zero-order valence-corrected chi connectivity index (χ0v) is 13.7. The summed E-state index contributed by atoms with van der Waals surface area (Å²) in [5.41, 5.74) is 1.62. The van der Waals surface area contributed by atoms with E-state index in [-0.39, 0.29) is 25.9 Å². The molecule has 1 fully saturated rings. The number of fused-ring (bicyclic) bond motifs is 1. The second-order valence-electron chi connectivity index (χ2n) is 6.58. The van der Waals surface area contributed by atoms with Gasteiger partial charge in [0, 0.05) is 25.9 Å². The molecule has 2 aliphatic rings. The first kappa shape index (κ1) is 18.2. The summed E-state index contributed by atoms with van der Waals surface area (Å²) in [6.07, 6.45) is -4.75.